The molecule has 0 fully saturated rings. The Kier molecular flexibility index (Phi) is 4.02. The molecule has 0 aromatic heterocycles. The van der Waals surface area contributed by atoms with Crippen LogP contribution in [0.3, 0.4) is 0 Å². The van der Waals surface area contributed by atoms with E-state index in [1.807, 2.05) is 0 Å². The van der Waals surface area contributed by atoms with E-state index in [0.717, 1.165) is 0 Å². The number of carbonyl (C=O) groups is 1. The zero-order chi connectivity index (χ0) is 14.7. The molecule has 2 rings (SSSR count). The number of benzene rings is 2. The molecule has 0 amide bonds. The number of hydrogen-bond donors (Lipinski definition) is 0. The molecule has 0 heterocycles. The van der Waals surface area contributed by atoms with Gasteiger partial charge in [0.25, 0.3) is 0 Å². The van der Waals surface area contributed by atoms with Gasteiger partial charge in [0.05, 0.1) is 5.56 Å². The first-order chi connectivity index (χ1) is 9.56. The van der Waals surface area contributed by atoms with Crippen molar-refractivity contribution in [2.24, 2.45) is 0 Å². The molecule has 20 heavy (non-hydrogen) atoms. The zero-order valence-electron chi connectivity index (χ0n) is 10.00. The van der Waals surface area contributed by atoms with Crippen LogP contribution in [0.4, 0.5) is 17.6 Å². The van der Waals surface area contributed by atoms with Crippen molar-refractivity contribution < 1.29 is 27.1 Å². The van der Waals surface area contributed by atoms with E-state index in [9.17, 15) is 22.4 Å². The summed E-state index contributed by atoms with van der Waals surface area (Å²) in [6, 6.07) is 8.29. The quantitative estimate of drug-likeness (QED) is 0.487. The first-order valence-corrected chi connectivity index (χ1v) is 5.54. The Labute approximate surface area is 111 Å². The van der Waals surface area contributed by atoms with E-state index in [1.54, 1.807) is 30.3 Å². The van der Waals surface area contributed by atoms with Gasteiger partial charge in [-0.15, -0.1) is 0 Å². The normalized spacial score (nSPS) is 10.4. The lowest BCUT2D eigenvalue weighted by Gasteiger charge is -2.10. The summed E-state index contributed by atoms with van der Waals surface area (Å²) in [5.41, 5.74) is -0.737. The summed E-state index contributed by atoms with van der Waals surface area (Å²) in [4.78, 5) is 10.4. The van der Waals surface area contributed by atoms with E-state index >= 15 is 0 Å². The highest BCUT2D eigenvalue weighted by Crippen LogP contribution is 2.29. The molecule has 104 valence electrons. The highest BCUT2D eigenvalue weighted by molar-refractivity contribution is 5.76. The van der Waals surface area contributed by atoms with Gasteiger partial charge in [-0.1, -0.05) is 30.3 Å². The summed E-state index contributed by atoms with van der Waals surface area (Å²) >= 11 is 0. The van der Waals surface area contributed by atoms with Gasteiger partial charge >= 0.3 is 0 Å². The second-order valence-electron chi connectivity index (χ2n) is 3.89. The smallest absolute Gasteiger partial charge is 0.204 e. The fraction of sp³-hybridized carbons (Fsp3) is 0.0714. The number of carbonyl (C=O) groups excluding carboxylic acids is 1. The van der Waals surface area contributed by atoms with Crippen molar-refractivity contribution in [2.45, 2.75) is 6.61 Å². The van der Waals surface area contributed by atoms with Gasteiger partial charge < -0.3 is 4.74 Å². The Morgan fingerprint density at radius 1 is 0.900 bits per heavy atom. The van der Waals surface area contributed by atoms with Crippen molar-refractivity contribution in [3.8, 4) is 5.75 Å². The predicted octanol–water partition coefficient (Wildman–Crippen LogP) is 3.63. The van der Waals surface area contributed by atoms with Gasteiger partial charge in [-0.25, -0.2) is 8.78 Å². The number of rotatable bonds is 4. The summed E-state index contributed by atoms with van der Waals surface area (Å²) in [5, 5.41) is 0. The van der Waals surface area contributed by atoms with Crippen LogP contribution < -0.4 is 4.74 Å². The summed E-state index contributed by atoms with van der Waals surface area (Å²) in [6.07, 6.45) is -0.294. The van der Waals surface area contributed by atoms with Crippen molar-refractivity contribution in [3.05, 3.63) is 64.7 Å². The van der Waals surface area contributed by atoms with E-state index in [2.05, 4.69) is 0 Å². The van der Waals surface area contributed by atoms with Crippen LogP contribution in [0.15, 0.2) is 30.3 Å². The predicted molar refractivity (Wildman–Crippen MR) is 62.4 cm³/mol. The van der Waals surface area contributed by atoms with Crippen LogP contribution in [0.2, 0.25) is 0 Å². The van der Waals surface area contributed by atoms with Gasteiger partial charge in [0, 0.05) is 0 Å². The van der Waals surface area contributed by atoms with E-state index in [1.165, 1.54) is 0 Å². The third-order valence-electron chi connectivity index (χ3n) is 2.60. The van der Waals surface area contributed by atoms with Gasteiger partial charge in [0.1, 0.15) is 6.61 Å². The van der Waals surface area contributed by atoms with Gasteiger partial charge in [-0.05, 0) is 5.56 Å². The van der Waals surface area contributed by atoms with E-state index < -0.39 is 34.6 Å². The van der Waals surface area contributed by atoms with Crippen LogP contribution in [0.1, 0.15) is 15.9 Å². The zero-order valence-corrected chi connectivity index (χ0v) is 10.00. The topological polar surface area (TPSA) is 26.3 Å². The molecular formula is C14H8F4O2. The molecule has 0 aliphatic heterocycles. The summed E-state index contributed by atoms with van der Waals surface area (Å²) in [6.45, 7) is -0.270. The van der Waals surface area contributed by atoms with Crippen LogP contribution in [-0.2, 0) is 6.61 Å². The standard InChI is InChI=1S/C14H8F4O2/c15-10-9(6-19)11(16)13(18)14(12(10)17)20-7-8-4-2-1-3-5-8/h1-6H,7H2. The molecule has 2 aromatic carbocycles. The lowest BCUT2D eigenvalue weighted by molar-refractivity contribution is 0.111. The van der Waals surface area contributed by atoms with Crippen LogP contribution in [0.5, 0.6) is 5.75 Å². The maximum Gasteiger partial charge on any atom is 0.204 e. The molecule has 0 N–H and O–H groups in total. The molecule has 0 saturated carbocycles. The van der Waals surface area contributed by atoms with Crippen molar-refractivity contribution >= 4 is 6.29 Å². The van der Waals surface area contributed by atoms with Gasteiger partial charge in [0.15, 0.2) is 23.7 Å². The molecular weight excluding hydrogens is 276 g/mol. The van der Waals surface area contributed by atoms with Crippen LogP contribution >= 0.6 is 0 Å². The number of hydrogen-bond acceptors (Lipinski definition) is 2. The van der Waals surface area contributed by atoms with E-state index in [-0.39, 0.29) is 12.9 Å². The van der Waals surface area contributed by atoms with Crippen molar-refractivity contribution in [1.29, 1.82) is 0 Å². The minimum absolute atomic E-state index is 0.270. The first-order valence-electron chi connectivity index (χ1n) is 5.54. The molecule has 2 aromatic rings. The Morgan fingerprint density at radius 3 is 1.95 bits per heavy atom. The minimum Gasteiger partial charge on any atom is -0.483 e. The SMILES string of the molecule is O=Cc1c(F)c(F)c(OCc2ccccc2)c(F)c1F. The summed E-state index contributed by atoms with van der Waals surface area (Å²) < 4.78 is 58.5. The molecule has 0 bridgehead atoms. The van der Waals surface area contributed by atoms with E-state index in [0.29, 0.717) is 5.56 Å². The molecule has 0 saturated heterocycles. The fourth-order valence-corrected chi connectivity index (χ4v) is 1.59. The Hall–Kier alpha value is -2.37. The Morgan fingerprint density at radius 2 is 1.45 bits per heavy atom. The Bertz CT molecular complexity index is 612. The van der Waals surface area contributed by atoms with Gasteiger partial charge in [-0.2, -0.15) is 8.78 Å². The fourth-order valence-electron chi connectivity index (χ4n) is 1.59. The first kappa shape index (κ1) is 14.0. The molecule has 2 nitrogen and oxygen atoms in total. The second kappa shape index (κ2) is 5.73. The molecule has 0 aliphatic rings. The van der Waals surface area contributed by atoms with Gasteiger partial charge in [-0.3, -0.25) is 4.79 Å². The lowest BCUT2D eigenvalue weighted by Crippen LogP contribution is -2.08. The molecule has 0 radical (unpaired) electrons. The molecule has 0 spiro atoms. The average molecular weight is 284 g/mol. The second-order valence-corrected chi connectivity index (χ2v) is 3.89. The molecule has 0 unspecified atom stereocenters. The highest BCUT2D eigenvalue weighted by Gasteiger charge is 2.26. The third-order valence-corrected chi connectivity index (χ3v) is 2.60. The number of aldehydes is 1. The lowest BCUT2D eigenvalue weighted by atomic mass is 10.2. The summed E-state index contributed by atoms with van der Waals surface area (Å²) in [7, 11) is 0. The monoisotopic (exact) mass is 284 g/mol. The maximum absolute atomic E-state index is 13.5. The van der Waals surface area contributed by atoms with Crippen LogP contribution in [-0.4, -0.2) is 6.29 Å². The van der Waals surface area contributed by atoms with Gasteiger partial charge in [0.2, 0.25) is 11.6 Å². The average Bonchev–Trinajstić information content (AvgIpc) is 2.47. The number of ether oxygens (including phenoxy) is 1. The van der Waals surface area contributed by atoms with Crippen molar-refractivity contribution in [3.63, 3.8) is 0 Å². The third kappa shape index (κ3) is 2.49. The maximum atomic E-state index is 13.5. The summed E-state index contributed by atoms with van der Waals surface area (Å²) in [5.74, 6) is -8.21. The minimum atomic E-state index is -1.78. The van der Waals surface area contributed by atoms with Crippen molar-refractivity contribution in [2.75, 3.05) is 0 Å². The Balaban J connectivity index is 2.35. The number of halogens is 4. The molecule has 0 aliphatic carbocycles. The van der Waals surface area contributed by atoms with Crippen molar-refractivity contribution in [1.82, 2.24) is 0 Å². The molecule has 6 heteroatoms. The van der Waals surface area contributed by atoms with Crippen LogP contribution in [0.25, 0.3) is 0 Å². The largest absolute Gasteiger partial charge is 0.483 e. The van der Waals surface area contributed by atoms with E-state index in [4.69, 9.17) is 4.74 Å². The highest BCUT2D eigenvalue weighted by atomic mass is 19.2. The van der Waals surface area contributed by atoms with Crippen LogP contribution in [0, 0.1) is 23.3 Å². The molecule has 0 atom stereocenters.